The molecule has 1 fully saturated rings. The maximum absolute atomic E-state index is 11.5. The van der Waals surface area contributed by atoms with Crippen LogP contribution in [0.5, 0.6) is 0 Å². The average Bonchev–Trinajstić information content (AvgIpc) is 3.39. The molecular weight excluding hydrogens is 398 g/mol. The highest BCUT2D eigenvalue weighted by Crippen LogP contribution is 2.19. The highest BCUT2D eigenvalue weighted by Gasteiger charge is 2.20. The summed E-state index contributed by atoms with van der Waals surface area (Å²) in [5, 5.41) is 12.5. The van der Waals surface area contributed by atoms with Gasteiger partial charge in [0.15, 0.2) is 5.69 Å². The molecule has 0 spiro atoms. The van der Waals surface area contributed by atoms with Crippen molar-refractivity contribution in [2.45, 2.75) is 13.2 Å². The molecule has 1 saturated heterocycles. The van der Waals surface area contributed by atoms with Gasteiger partial charge in [0.25, 0.3) is 0 Å². The first-order valence-corrected chi connectivity index (χ1v) is 9.50. The van der Waals surface area contributed by atoms with E-state index >= 15 is 0 Å². The van der Waals surface area contributed by atoms with Crippen molar-refractivity contribution in [2.75, 3.05) is 33.3 Å². The first-order chi connectivity index (χ1) is 14.1. The van der Waals surface area contributed by atoms with Crippen LogP contribution in [0.3, 0.4) is 0 Å². The number of aromatic nitrogens is 5. The summed E-state index contributed by atoms with van der Waals surface area (Å²) in [6, 6.07) is 7.34. The molecule has 0 unspecified atom stereocenters. The lowest BCUT2D eigenvalue weighted by Gasteiger charge is -2.33. The predicted octanol–water partition coefficient (Wildman–Crippen LogP) is 1.54. The number of piperazine rings is 1. The average molecular weight is 418 g/mol. The van der Waals surface area contributed by atoms with Gasteiger partial charge in [-0.2, -0.15) is 4.98 Å². The van der Waals surface area contributed by atoms with E-state index in [4.69, 9.17) is 16.1 Å². The molecule has 11 heteroatoms. The van der Waals surface area contributed by atoms with Gasteiger partial charge >= 0.3 is 5.97 Å². The van der Waals surface area contributed by atoms with Crippen molar-refractivity contribution in [3.05, 3.63) is 47.1 Å². The van der Waals surface area contributed by atoms with Crippen LogP contribution in [0.2, 0.25) is 5.02 Å². The SMILES string of the molecule is COC(=O)c1cn(CN2CCN(Cc3nc(-c4ccc(Cl)cc4)no3)CC2)nn1. The maximum Gasteiger partial charge on any atom is 0.360 e. The Kier molecular flexibility index (Phi) is 5.84. The summed E-state index contributed by atoms with van der Waals surface area (Å²) in [4.78, 5) is 20.4. The molecule has 3 aromatic rings. The summed E-state index contributed by atoms with van der Waals surface area (Å²) in [6.45, 7) is 4.59. The number of nitrogens with zero attached hydrogens (tertiary/aromatic N) is 7. The van der Waals surface area contributed by atoms with Crippen molar-refractivity contribution in [2.24, 2.45) is 0 Å². The smallest absolute Gasteiger partial charge is 0.360 e. The van der Waals surface area contributed by atoms with E-state index in [0.717, 1.165) is 31.7 Å². The Balaban J connectivity index is 1.27. The molecule has 1 aromatic carbocycles. The van der Waals surface area contributed by atoms with Crippen molar-refractivity contribution in [3.8, 4) is 11.4 Å². The quantitative estimate of drug-likeness (QED) is 0.552. The second-order valence-corrected chi connectivity index (χ2v) is 7.13. The van der Waals surface area contributed by atoms with Crippen LogP contribution in [0.25, 0.3) is 11.4 Å². The van der Waals surface area contributed by atoms with Crippen LogP contribution >= 0.6 is 11.6 Å². The van der Waals surface area contributed by atoms with Gasteiger partial charge in [-0.25, -0.2) is 9.48 Å². The van der Waals surface area contributed by atoms with E-state index in [1.165, 1.54) is 7.11 Å². The fraction of sp³-hybridized carbons (Fsp3) is 0.389. The van der Waals surface area contributed by atoms with Crippen LogP contribution in [0.4, 0.5) is 0 Å². The van der Waals surface area contributed by atoms with E-state index < -0.39 is 5.97 Å². The molecular formula is C18H20ClN7O3. The Bertz CT molecular complexity index is 964. The molecule has 29 heavy (non-hydrogen) atoms. The monoisotopic (exact) mass is 417 g/mol. The van der Waals surface area contributed by atoms with E-state index in [2.05, 4.69) is 35.0 Å². The Morgan fingerprint density at radius 2 is 1.90 bits per heavy atom. The molecule has 0 radical (unpaired) electrons. The first kappa shape index (κ1) is 19.5. The van der Waals surface area contributed by atoms with Crippen molar-refractivity contribution >= 4 is 17.6 Å². The minimum atomic E-state index is -0.487. The molecule has 3 heterocycles. The molecule has 1 aliphatic heterocycles. The lowest BCUT2D eigenvalue weighted by molar-refractivity contribution is 0.0593. The minimum absolute atomic E-state index is 0.207. The van der Waals surface area contributed by atoms with Crippen molar-refractivity contribution in [1.82, 2.24) is 34.9 Å². The summed E-state index contributed by atoms with van der Waals surface area (Å²) < 4.78 is 11.7. The number of esters is 1. The standard InChI is InChI=1S/C18H20ClN7O3/c1-28-18(27)15-10-26(23-21-15)12-25-8-6-24(7-9-25)11-16-20-17(22-29-16)13-2-4-14(19)5-3-13/h2-5,10H,6-9,11-12H2,1H3. The van der Waals surface area contributed by atoms with Crippen LogP contribution in [-0.4, -0.2) is 74.2 Å². The van der Waals surface area contributed by atoms with Gasteiger partial charge in [0.1, 0.15) is 0 Å². The Morgan fingerprint density at radius 3 is 2.62 bits per heavy atom. The van der Waals surface area contributed by atoms with Gasteiger partial charge in [-0.15, -0.1) is 5.10 Å². The molecule has 0 amide bonds. The van der Waals surface area contributed by atoms with E-state index in [9.17, 15) is 4.79 Å². The summed E-state index contributed by atoms with van der Waals surface area (Å²) in [6.07, 6.45) is 1.59. The Morgan fingerprint density at radius 1 is 1.17 bits per heavy atom. The molecule has 0 saturated carbocycles. The van der Waals surface area contributed by atoms with Crippen LogP contribution < -0.4 is 0 Å². The number of benzene rings is 1. The molecule has 0 aliphatic carbocycles. The number of halogens is 1. The topological polar surface area (TPSA) is 102 Å². The fourth-order valence-corrected chi connectivity index (χ4v) is 3.21. The molecule has 2 aromatic heterocycles. The van der Waals surface area contributed by atoms with Crippen LogP contribution in [-0.2, 0) is 18.0 Å². The summed E-state index contributed by atoms with van der Waals surface area (Å²) in [5.41, 5.74) is 1.08. The van der Waals surface area contributed by atoms with E-state index in [1.807, 2.05) is 12.1 Å². The molecule has 0 N–H and O–H groups in total. The maximum atomic E-state index is 11.5. The largest absolute Gasteiger partial charge is 0.464 e. The summed E-state index contributed by atoms with van der Waals surface area (Å²) in [5.74, 6) is 0.656. The van der Waals surface area contributed by atoms with Gasteiger partial charge in [0, 0.05) is 36.8 Å². The van der Waals surface area contributed by atoms with Crippen molar-refractivity contribution in [1.29, 1.82) is 0 Å². The van der Waals surface area contributed by atoms with Gasteiger partial charge in [0.2, 0.25) is 11.7 Å². The third-order valence-corrected chi connectivity index (χ3v) is 4.92. The lowest BCUT2D eigenvalue weighted by Crippen LogP contribution is -2.46. The molecule has 1 aliphatic rings. The second-order valence-electron chi connectivity index (χ2n) is 6.69. The highest BCUT2D eigenvalue weighted by atomic mass is 35.5. The Hall–Kier alpha value is -2.82. The molecule has 0 bridgehead atoms. The van der Waals surface area contributed by atoms with E-state index in [1.54, 1.807) is 23.0 Å². The number of methoxy groups -OCH3 is 1. The molecule has 4 rings (SSSR count). The van der Waals surface area contributed by atoms with E-state index in [0.29, 0.717) is 30.0 Å². The lowest BCUT2D eigenvalue weighted by atomic mass is 10.2. The molecule has 0 atom stereocenters. The zero-order valence-electron chi connectivity index (χ0n) is 15.9. The third kappa shape index (κ3) is 4.78. The Labute approximate surface area is 172 Å². The van der Waals surface area contributed by atoms with Gasteiger partial charge < -0.3 is 9.26 Å². The molecule has 152 valence electrons. The third-order valence-electron chi connectivity index (χ3n) is 4.67. The number of carbonyl (C=O) groups is 1. The van der Waals surface area contributed by atoms with Crippen LogP contribution in [0.1, 0.15) is 16.4 Å². The van der Waals surface area contributed by atoms with Crippen molar-refractivity contribution in [3.63, 3.8) is 0 Å². The van der Waals surface area contributed by atoms with Gasteiger partial charge in [-0.1, -0.05) is 22.0 Å². The predicted molar refractivity (Wildman–Crippen MR) is 103 cm³/mol. The number of hydrogen-bond donors (Lipinski definition) is 0. The van der Waals surface area contributed by atoms with Crippen LogP contribution in [0, 0.1) is 0 Å². The van der Waals surface area contributed by atoms with Gasteiger partial charge in [-0.3, -0.25) is 9.80 Å². The van der Waals surface area contributed by atoms with Crippen LogP contribution in [0.15, 0.2) is 35.0 Å². The number of carbonyl (C=O) groups excluding carboxylic acids is 1. The number of hydrogen-bond acceptors (Lipinski definition) is 9. The highest BCUT2D eigenvalue weighted by molar-refractivity contribution is 6.30. The second kappa shape index (κ2) is 8.68. The van der Waals surface area contributed by atoms with Crippen molar-refractivity contribution < 1.29 is 14.1 Å². The number of rotatable bonds is 6. The minimum Gasteiger partial charge on any atom is -0.464 e. The van der Waals surface area contributed by atoms with Gasteiger partial charge in [0.05, 0.1) is 26.5 Å². The first-order valence-electron chi connectivity index (χ1n) is 9.12. The zero-order valence-corrected chi connectivity index (χ0v) is 16.6. The summed E-state index contributed by atoms with van der Waals surface area (Å²) >= 11 is 5.91. The van der Waals surface area contributed by atoms with E-state index in [-0.39, 0.29) is 5.69 Å². The normalized spacial score (nSPS) is 15.5. The summed E-state index contributed by atoms with van der Waals surface area (Å²) in [7, 11) is 1.32. The van der Waals surface area contributed by atoms with Gasteiger partial charge in [-0.05, 0) is 24.3 Å². The fourth-order valence-electron chi connectivity index (χ4n) is 3.09. The zero-order chi connectivity index (χ0) is 20.2. The molecule has 10 nitrogen and oxygen atoms in total. The number of ether oxygens (including phenoxy) is 1.